The molecular weight excluding hydrogens is 426 g/mol. The van der Waals surface area contributed by atoms with E-state index in [-0.39, 0.29) is 41.1 Å². The summed E-state index contributed by atoms with van der Waals surface area (Å²) in [6.45, 7) is 11.3. The van der Waals surface area contributed by atoms with Gasteiger partial charge in [0.25, 0.3) is 5.91 Å². The van der Waals surface area contributed by atoms with Gasteiger partial charge in [0.1, 0.15) is 23.9 Å². The molecule has 33 heavy (non-hydrogen) atoms. The minimum atomic E-state index is -0.742. The van der Waals surface area contributed by atoms with Gasteiger partial charge in [0, 0.05) is 13.0 Å². The fourth-order valence-corrected chi connectivity index (χ4v) is 3.59. The maximum Gasteiger partial charge on any atom is 0.274 e. The molecule has 0 saturated carbocycles. The quantitative estimate of drug-likeness (QED) is 0.536. The highest BCUT2D eigenvalue weighted by Gasteiger charge is 2.30. The van der Waals surface area contributed by atoms with Gasteiger partial charge in [0.15, 0.2) is 5.69 Å². The summed E-state index contributed by atoms with van der Waals surface area (Å²) in [6, 6.07) is -2.05. The number of nitrogens with one attached hydrogen (secondary N) is 4. The number of oxazole rings is 1. The van der Waals surface area contributed by atoms with Crippen LogP contribution in [0.4, 0.5) is 0 Å². The van der Waals surface area contributed by atoms with Gasteiger partial charge < -0.3 is 25.7 Å². The van der Waals surface area contributed by atoms with E-state index in [0.717, 1.165) is 0 Å². The molecule has 1 aromatic rings. The predicted octanol–water partition coefficient (Wildman–Crippen LogP) is 1.75. The molecule has 3 atom stereocenters. The molecule has 10 heteroatoms. The van der Waals surface area contributed by atoms with E-state index < -0.39 is 24.0 Å². The van der Waals surface area contributed by atoms with Gasteiger partial charge in [-0.15, -0.1) is 0 Å². The Morgan fingerprint density at radius 2 is 1.82 bits per heavy atom. The number of fused-ring (bicyclic) bond motifs is 2. The molecule has 2 bridgehead atoms. The summed E-state index contributed by atoms with van der Waals surface area (Å²) in [7, 11) is 0. The number of carbonyl (C=O) groups is 4. The van der Waals surface area contributed by atoms with Crippen LogP contribution in [0.3, 0.4) is 0 Å². The molecule has 4 amide bonds. The van der Waals surface area contributed by atoms with Crippen molar-refractivity contribution in [2.24, 2.45) is 11.8 Å². The lowest BCUT2D eigenvalue weighted by molar-refractivity contribution is -0.130. The summed E-state index contributed by atoms with van der Waals surface area (Å²) in [6.07, 6.45) is 2.00. The van der Waals surface area contributed by atoms with Crippen LogP contribution in [0.2, 0.25) is 0 Å². The van der Waals surface area contributed by atoms with Crippen LogP contribution in [0.5, 0.6) is 0 Å². The highest BCUT2D eigenvalue weighted by atomic mass is 16.4. The Morgan fingerprint density at radius 3 is 2.45 bits per heavy atom. The maximum absolute atomic E-state index is 13.2. The zero-order valence-electron chi connectivity index (χ0n) is 20.4. The van der Waals surface area contributed by atoms with Crippen molar-refractivity contribution >= 4 is 23.6 Å². The molecule has 184 valence electrons. The molecule has 0 spiro atoms. The number of hydrogen-bond acceptors (Lipinski definition) is 6. The lowest BCUT2D eigenvalue weighted by Gasteiger charge is -2.24. The second-order valence-electron chi connectivity index (χ2n) is 9.39. The second kappa shape index (κ2) is 11.8. The molecule has 0 radical (unpaired) electrons. The van der Waals surface area contributed by atoms with Crippen LogP contribution in [-0.4, -0.2) is 47.2 Å². The summed E-state index contributed by atoms with van der Waals surface area (Å²) in [4.78, 5) is 54.8. The molecule has 1 aromatic heterocycles. The maximum atomic E-state index is 13.2. The standard InChI is InChI=1S/C23H37N5O5/c1-12(2)11-17(29)26-16-9-7-8-10-24-20(30)14(5)25-22(32)19-15(6)33-23(28-19)18(13(3)4)27-21(16)31/h12-14,16,18H,7-11H2,1-6H3,(H,24,30)(H,25,32)(H,26,29)(H,27,31)/t14-,16+,18+/m1/s1. The number of aryl methyl sites for hydroxylation is 1. The lowest BCUT2D eigenvalue weighted by Crippen LogP contribution is -2.49. The minimum absolute atomic E-state index is 0.0680. The normalized spacial score (nSPS) is 23.2. The Hall–Kier alpha value is -2.91. The molecule has 0 saturated heterocycles. The third-order valence-electron chi connectivity index (χ3n) is 5.46. The smallest absolute Gasteiger partial charge is 0.274 e. The summed E-state index contributed by atoms with van der Waals surface area (Å²) < 4.78 is 5.74. The van der Waals surface area contributed by atoms with Crippen LogP contribution in [0.15, 0.2) is 4.42 Å². The van der Waals surface area contributed by atoms with Crippen LogP contribution in [0, 0.1) is 18.8 Å². The van der Waals surface area contributed by atoms with E-state index in [2.05, 4.69) is 26.3 Å². The monoisotopic (exact) mass is 463 g/mol. The molecule has 0 unspecified atom stereocenters. The largest absolute Gasteiger partial charge is 0.443 e. The zero-order valence-corrected chi connectivity index (χ0v) is 20.4. The van der Waals surface area contributed by atoms with E-state index in [1.807, 2.05) is 27.7 Å². The SMILES string of the molecule is Cc1oc2nc1C(=O)N[C@H](C)C(=O)NCCCC[C@H](NC(=O)CC(C)C)C(=O)N[C@H]2C(C)C. The average Bonchev–Trinajstić information content (AvgIpc) is 3.10. The van der Waals surface area contributed by atoms with Crippen molar-refractivity contribution in [3.63, 3.8) is 0 Å². The van der Waals surface area contributed by atoms with Gasteiger partial charge in [0.05, 0.1) is 0 Å². The third-order valence-corrected chi connectivity index (χ3v) is 5.46. The van der Waals surface area contributed by atoms with Crippen molar-refractivity contribution in [2.45, 2.75) is 85.4 Å². The fourth-order valence-electron chi connectivity index (χ4n) is 3.59. The Kier molecular flexibility index (Phi) is 9.43. The fraction of sp³-hybridized carbons (Fsp3) is 0.696. The van der Waals surface area contributed by atoms with E-state index in [9.17, 15) is 19.2 Å². The first-order chi connectivity index (χ1) is 15.5. The summed E-state index contributed by atoms with van der Waals surface area (Å²) in [5.74, 6) is -0.774. The Morgan fingerprint density at radius 1 is 1.12 bits per heavy atom. The van der Waals surface area contributed by atoms with Gasteiger partial charge in [-0.05, 0) is 44.9 Å². The number of aromatic nitrogens is 1. The van der Waals surface area contributed by atoms with E-state index in [1.165, 1.54) is 0 Å². The number of rotatable bonds is 4. The summed E-state index contributed by atoms with van der Waals surface area (Å²) >= 11 is 0. The van der Waals surface area contributed by atoms with E-state index in [4.69, 9.17) is 4.42 Å². The van der Waals surface area contributed by atoms with E-state index >= 15 is 0 Å². The van der Waals surface area contributed by atoms with Crippen LogP contribution in [-0.2, 0) is 14.4 Å². The number of hydrogen-bond donors (Lipinski definition) is 4. The van der Waals surface area contributed by atoms with Gasteiger partial charge in [-0.3, -0.25) is 19.2 Å². The van der Waals surface area contributed by atoms with Crippen molar-refractivity contribution in [1.29, 1.82) is 0 Å². The first kappa shape index (κ1) is 26.3. The molecule has 1 aliphatic rings. The Balaban J connectivity index is 2.34. The molecule has 4 N–H and O–H groups in total. The molecule has 10 nitrogen and oxygen atoms in total. The van der Waals surface area contributed by atoms with Crippen molar-refractivity contribution in [1.82, 2.24) is 26.3 Å². The topological polar surface area (TPSA) is 142 Å². The summed E-state index contributed by atoms with van der Waals surface area (Å²) in [5.41, 5.74) is 0.0680. The first-order valence-corrected chi connectivity index (χ1v) is 11.6. The molecule has 0 aromatic carbocycles. The Labute approximate surface area is 195 Å². The highest BCUT2D eigenvalue weighted by Crippen LogP contribution is 2.24. The second-order valence-corrected chi connectivity index (χ2v) is 9.39. The van der Waals surface area contributed by atoms with Gasteiger partial charge in [0.2, 0.25) is 23.6 Å². The zero-order chi connectivity index (χ0) is 24.7. The van der Waals surface area contributed by atoms with Gasteiger partial charge >= 0.3 is 0 Å². The van der Waals surface area contributed by atoms with E-state index in [0.29, 0.717) is 38.0 Å². The molecule has 2 rings (SSSR count). The predicted molar refractivity (Wildman–Crippen MR) is 122 cm³/mol. The van der Waals surface area contributed by atoms with Crippen LogP contribution >= 0.6 is 0 Å². The van der Waals surface area contributed by atoms with Crippen molar-refractivity contribution in [3.05, 3.63) is 17.3 Å². The van der Waals surface area contributed by atoms with Crippen molar-refractivity contribution < 1.29 is 23.6 Å². The lowest BCUT2D eigenvalue weighted by atomic mass is 10.0. The molecule has 2 heterocycles. The number of nitrogens with zero attached hydrogens (tertiary/aromatic N) is 1. The molecular formula is C23H37N5O5. The average molecular weight is 464 g/mol. The van der Waals surface area contributed by atoms with E-state index in [1.54, 1.807) is 13.8 Å². The molecule has 0 fully saturated rings. The Bertz CT molecular complexity index is 863. The van der Waals surface area contributed by atoms with Crippen LogP contribution in [0.25, 0.3) is 0 Å². The van der Waals surface area contributed by atoms with Crippen LogP contribution < -0.4 is 21.3 Å². The van der Waals surface area contributed by atoms with Gasteiger partial charge in [-0.25, -0.2) is 4.98 Å². The first-order valence-electron chi connectivity index (χ1n) is 11.6. The van der Waals surface area contributed by atoms with Crippen LogP contribution in [0.1, 0.15) is 88.5 Å². The highest BCUT2D eigenvalue weighted by molar-refractivity contribution is 5.96. The molecule has 0 aliphatic carbocycles. The third kappa shape index (κ3) is 7.57. The number of carbonyl (C=O) groups excluding carboxylic acids is 4. The van der Waals surface area contributed by atoms with Crippen molar-refractivity contribution in [2.75, 3.05) is 6.54 Å². The summed E-state index contributed by atoms with van der Waals surface area (Å²) in [5, 5.41) is 11.2. The van der Waals surface area contributed by atoms with Gasteiger partial charge in [-0.1, -0.05) is 27.7 Å². The number of amides is 4. The van der Waals surface area contributed by atoms with Gasteiger partial charge in [-0.2, -0.15) is 0 Å². The van der Waals surface area contributed by atoms with Crippen molar-refractivity contribution in [3.8, 4) is 0 Å². The molecule has 1 aliphatic heterocycles. The minimum Gasteiger partial charge on any atom is -0.443 e.